The SMILES string of the molecule is Cc1cc(NC(=O)COCC(=O)O)n(C)n1. The Labute approximate surface area is 92.0 Å². The van der Waals surface area contributed by atoms with Crippen LogP contribution in [0.1, 0.15) is 5.69 Å². The zero-order chi connectivity index (χ0) is 12.1. The van der Waals surface area contributed by atoms with Crippen molar-refractivity contribution in [1.29, 1.82) is 0 Å². The van der Waals surface area contributed by atoms with Gasteiger partial charge < -0.3 is 15.2 Å². The molecule has 0 fully saturated rings. The summed E-state index contributed by atoms with van der Waals surface area (Å²) in [5.74, 6) is -0.977. The second-order valence-electron chi connectivity index (χ2n) is 3.23. The molecule has 7 heteroatoms. The zero-order valence-corrected chi connectivity index (χ0v) is 9.06. The van der Waals surface area contributed by atoms with E-state index in [0.29, 0.717) is 5.82 Å². The summed E-state index contributed by atoms with van der Waals surface area (Å²) in [6.07, 6.45) is 0. The molecule has 7 nitrogen and oxygen atoms in total. The molecule has 0 unspecified atom stereocenters. The molecule has 1 heterocycles. The molecule has 88 valence electrons. The lowest BCUT2D eigenvalue weighted by atomic mass is 10.4. The van der Waals surface area contributed by atoms with Crippen LogP contribution in [-0.4, -0.2) is 40.0 Å². The molecule has 0 aromatic carbocycles. The van der Waals surface area contributed by atoms with Crippen molar-refractivity contribution < 1.29 is 19.4 Å². The molecule has 0 spiro atoms. The van der Waals surface area contributed by atoms with Crippen LogP contribution in [0, 0.1) is 6.92 Å². The molecule has 0 bridgehead atoms. The summed E-state index contributed by atoms with van der Waals surface area (Å²) in [4.78, 5) is 21.4. The fraction of sp³-hybridized carbons (Fsp3) is 0.444. The zero-order valence-electron chi connectivity index (χ0n) is 9.06. The molecule has 0 aliphatic carbocycles. The van der Waals surface area contributed by atoms with Crippen molar-refractivity contribution in [1.82, 2.24) is 9.78 Å². The van der Waals surface area contributed by atoms with E-state index in [0.717, 1.165) is 5.69 Å². The average Bonchev–Trinajstić information content (AvgIpc) is 2.44. The van der Waals surface area contributed by atoms with Crippen molar-refractivity contribution in [3.05, 3.63) is 11.8 Å². The lowest BCUT2D eigenvalue weighted by Gasteiger charge is -2.04. The first-order chi connectivity index (χ1) is 7.49. The molecule has 0 aliphatic rings. The maximum atomic E-state index is 11.3. The standard InChI is InChI=1S/C9H13N3O4/c1-6-3-7(12(2)11-6)10-8(13)4-16-5-9(14)15/h3H,4-5H2,1-2H3,(H,10,13)(H,14,15). The monoisotopic (exact) mass is 227 g/mol. The lowest BCUT2D eigenvalue weighted by Crippen LogP contribution is -2.21. The van der Waals surface area contributed by atoms with Crippen LogP contribution in [-0.2, 0) is 21.4 Å². The van der Waals surface area contributed by atoms with Gasteiger partial charge in [0.1, 0.15) is 19.0 Å². The second-order valence-corrected chi connectivity index (χ2v) is 3.23. The number of hydrogen-bond donors (Lipinski definition) is 2. The Morgan fingerprint density at radius 1 is 1.56 bits per heavy atom. The minimum Gasteiger partial charge on any atom is -0.480 e. The molecule has 1 aromatic rings. The number of nitrogens with zero attached hydrogens (tertiary/aromatic N) is 2. The third-order valence-corrected chi connectivity index (χ3v) is 1.73. The minimum absolute atomic E-state index is 0.295. The predicted octanol–water partition coefficient (Wildman–Crippen LogP) is -0.232. The van der Waals surface area contributed by atoms with Crippen LogP contribution in [0.5, 0.6) is 0 Å². The van der Waals surface area contributed by atoms with Crippen LogP contribution in [0.25, 0.3) is 0 Å². The topological polar surface area (TPSA) is 93.5 Å². The first-order valence-corrected chi connectivity index (χ1v) is 4.59. The van der Waals surface area contributed by atoms with Crippen LogP contribution < -0.4 is 5.32 Å². The molecule has 1 amide bonds. The number of aryl methyl sites for hydroxylation is 2. The summed E-state index contributed by atoms with van der Waals surface area (Å²) in [6, 6.07) is 1.70. The van der Waals surface area contributed by atoms with Gasteiger partial charge in [0, 0.05) is 13.1 Å². The van der Waals surface area contributed by atoms with E-state index < -0.39 is 18.5 Å². The van der Waals surface area contributed by atoms with Crippen molar-refractivity contribution in [2.45, 2.75) is 6.92 Å². The van der Waals surface area contributed by atoms with E-state index >= 15 is 0 Å². The van der Waals surface area contributed by atoms with Crippen molar-refractivity contribution in [3.63, 3.8) is 0 Å². The fourth-order valence-corrected chi connectivity index (χ4v) is 1.14. The van der Waals surface area contributed by atoms with Crippen LogP contribution in [0.15, 0.2) is 6.07 Å². The molecule has 0 saturated carbocycles. The Kier molecular flexibility index (Phi) is 4.01. The minimum atomic E-state index is -1.11. The summed E-state index contributed by atoms with van der Waals surface area (Å²) in [6.45, 7) is 1.02. The van der Waals surface area contributed by atoms with Crippen LogP contribution in [0.3, 0.4) is 0 Å². The average molecular weight is 227 g/mol. The smallest absolute Gasteiger partial charge is 0.329 e. The van der Waals surface area contributed by atoms with E-state index in [4.69, 9.17) is 5.11 Å². The predicted molar refractivity (Wildman–Crippen MR) is 55.0 cm³/mol. The molecule has 0 saturated heterocycles. The van der Waals surface area contributed by atoms with Gasteiger partial charge in [-0.2, -0.15) is 5.10 Å². The first-order valence-electron chi connectivity index (χ1n) is 4.59. The number of carboxylic acid groups (broad SMARTS) is 1. The van der Waals surface area contributed by atoms with E-state index in [1.807, 2.05) is 0 Å². The normalized spacial score (nSPS) is 10.1. The number of aliphatic carboxylic acids is 1. The van der Waals surface area contributed by atoms with Gasteiger partial charge in [0.25, 0.3) is 5.91 Å². The number of amides is 1. The third kappa shape index (κ3) is 3.70. The molecular formula is C9H13N3O4. The van der Waals surface area contributed by atoms with Crippen LogP contribution >= 0.6 is 0 Å². The summed E-state index contributed by atoms with van der Waals surface area (Å²) in [7, 11) is 1.70. The third-order valence-electron chi connectivity index (χ3n) is 1.73. The van der Waals surface area contributed by atoms with E-state index in [-0.39, 0.29) is 6.61 Å². The van der Waals surface area contributed by atoms with Gasteiger partial charge >= 0.3 is 5.97 Å². The summed E-state index contributed by atoms with van der Waals surface area (Å²) < 4.78 is 6.15. The highest BCUT2D eigenvalue weighted by Gasteiger charge is 2.07. The molecule has 2 N–H and O–H groups in total. The van der Waals surface area contributed by atoms with Crippen LogP contribution in [0.4, 0.5) is 5.82 Å². The highest BCUT2D eigenvalue weighted by atomic mass is 16.5. The number of anilines is 1. The molecule has 0 aliphatic heterocycles. The summed E-state index contributed by atoms with van der Waals surface area (Å²) in [5, 5.41) is 14.9. The molecule has 1 aromatic heterocycles. The van der Waals surface area contributed by atoms with Gasteiger partial charge in [0.05, 0.1) is 5.69 Å². The van der Waals surface area contributed by atoms with Crippen molar-refractivity contribution in [2.75, 3.05) is 18.5 Å². The Morgan fingerprint density at radius 2 is 2.25 bits per heavy atom. The van der Waals surface area contributed by atoms with Gasteiger partial charge in [-0.15, -0.1) is 0 Å². The van der Waals surface area contributed by atoms with E-state index in [1.165, 1.54) is 4.68 Å². The molecule has 0 radical (unpaired) electrons. The number of ether oxygens (including phenoxy) is 1. The van der Waals surface area contributed by atoms with Gasteiger partial charge in [-0.3, -0.25) is 9.48 Å². The number of carbonyl (C=O) groups is 2. The fourth-order valence-electron chi connectivity index (χ4n) is 1.14. The number of nitrogens with one attached hydrogen (secondary N) is 1. The molecule has 16 heavy (non-hydrogen) atoms. The lowest BCUT2D eigenvalue weighted by molar-refractivity contribution is -0.143. The number of rotatable bonds is 5. The molecule has 0 atom stereocenters. The van der Waals surface area contributed by atoms with Crippen molar-refractivity contribution >= 4 is 17.7 Å². The van der Waals surface area contributed by atoms with Gasteiger partial charge in [-0.05, 0) is 6.92 Å². The Morgan fingerprint density at radius 3 is 2.75 bits per heavy atom. The maximum absolute atomic E-state index is 11.3. The number of carbonyl (C=O) groups excluding carboxylic acids is 1. The van der Waals surface area contributed by atoms with Gasteiger partial charge in [-0.25, -0.2) is 4.79 Å². The maximum Gasteiger partial charge on any atom is 0.329 e. The Bertz CT molecular complexity index is 399. The molecular weight excluding hydrogens is 214 g/mol. The highest BCUT2D eigenvalue weighted by Crippen LogP contribution is 2.07. The second kappa shape index (κ2) is 5.26. The Balaban J connectivity index is 2.40. The van der Waals surface area contributed by atoms with Gasteiger partial charge in [0.15, 0.2) is 0 Å². The van der Waals surface area contributed by atoms with Crippen LogP contribution in [0.2, 0.25) is 0 Å². The van der Waals surface area contributed by atoms with E-state index in [1.54, 1.807) is 20.0 Å². The first kappa shape index (κ1) is 12.2. The van der Waals surface area contributed by atoms with Gasteiger partial charge in [-0.1, -0.05) is 0 Å². The molecule has 1 rings (SSSR count). The summed E-state index contributed by atoms with van der Waals surface area (Å²) in [5.41, 5.74) is 0.782. The van der Waals surface area contributed by atoms with Crippen molar-refractivity contribution in [3.8, 4) is 0 Å². The van der Waals surface area contributed by atoms with E-state index in [2.05, 4.69) is 15.2 Å². The quantitative estimate of drug-likeness (QED) is 0.724. The number of hydrogen-bond acceptors (Lipinski definition) is 4. The van der Waals surface area contributed by atoms with Crippen molar-refractivity contribution in [2.24, 2.45) is 7.05 Å². The van der Waals surface area contributed by atoms with Gasteiger partial charge in [0.2, 0.25) is 0 Å². The highest BCUT2D eigenvalue weighted by molar-refractivity contribution is 5.91. The van der Waals surface area contributed by atoms with E-state index in [9.17, 15) is 9.59 Å². The summed E-state index contributed by atoms with van der Waals surface area (Å²) >= 11 is 0. The Hall–Kier alpha value is -1.89. The largest absolute Gasteiger partial charge is 0.480 e. The number of aromatic nitrogens is 2. The number of carboxylic acids is 1.